The minimum atomic E-state index is -0.179. The number of urea groups is 1. The molecule has 5 nitrogen and oxygen atoms in total. The van der Waals surface area contributed by atoms with E-state index in [0.29, 0.717) is 5.02 Å². The fourth-order valence-electron chi connectivity index (χ4n) is 4.47. The molecular formula is C22H28Cl2N4OS. The monoisotopic (exact) mass is 466 g/mol. The van der Waals surface area contributed by atoms with E-state index in [0.717, 1.165) is 55.1 Å². The SMILES string of the molecule is O=C(Nc1ccc(Cl)cc1)N[C@@H]1CCN(CC2CCNCC2)C[C@H]1c1ccc(Cl)s1. The number of carbonyl (C=O) groups is 1. The van der Waals surface area contributed by atoms with Crippen molar-refractivity contribution in [2.24, 2.45) is 5.92 Å². The van der Waals surface area contributed by atoms with E-state index < -0.39 is 0 Å². The van der Waals surface area contributed by atoms with Crippen LogP contribution in [0.25, 0.3) is 0 Å². The topological polar surface area (TPSA) is 56.4 Å². The minimum absolute atomic E-state index is 0.0799. The third-order valence-electron chi connectivity index (χ3n) is 6.05. The molecule has 0 spiro atoms. The first-order valence-electron chi connectivity index (χ1n) is 10.6. The molecule has 2 fully saturated rings. The standard InChI is InChI=1S/C22H28Cl2N4OS/c23-16-1-3-17(4-2-16)26-22(29)27-19-9-12-28(13-15-7-10-25-11-8-15)14-18(19)20-5-6-21(24)30-20/h1-6,15,18-19,25H,7-14H2,(H2,26,27,29)/t18-,19-/m1/s1. The number of hydrogen-bond acceptors (Lipinski definition) is 4. The first kappa shape index (κ1) is 21.9. The Morgan fingerprint density at radius 2 is 1.87 bits per heavy atom. The first-order chi connectivity index (χ1) is 14.6. The average molecular weight is 467 g/mol. The van der Waals surface area contributed by atoms with Crippen molar-refractivity contribution in [3.63, 3.8) is 0 Å². The van der Waals surface area contributed by atoms with E-state index in [1.54, 1.807) is 35.6 Å². The molecule has 4 rings (SSSR count). The fraction of sp³-hybridized carbons (Fsp3) is 0.500. The van der Waals surface area contributed by atoms with Crippen LogP contribution in [0.15, 0.2) is 36.4 Å². The maximum absolute atomic E-state index is 12.6. The summed E-state index contributed by atoms with van der Waals surface area (Å²) in [7, 11) is 0. The highest BCUT2D eigenvalue weighted by atomic mass is 35.5. The molecule has 1 aromatic carbocycles. The van der Waals surface area contributed by atoms with Gasteiger partial charge in [0.1, 0.15) is 0 Å². The van der Waals surface area contributed by atoms with Gasteiger partial charge >= 0.3 is 6.03 Å². The van der Waals surface area contributed by atoms with E-state index in [2.05, 4.69) is 26.9 Å². The van der Waals surface area contributed by atoms with Crippen LogP contribution < -0.4 is 16.0 Å². The molecule has 162 valence electrons. The van der Waals surface area contributed by atoms with Gasteiger partial charge in [-0.05, 0) is 74.7 Å². The average Bonchev–Trinajstić information content (AvgIpc) is 3.18. The molecular weight excluding hydrogens is 439 g/mol. The van der Waals surface area contributed by atoms with Crippen LogP contribution in [0.2, 0.25) is 9.36 Å². The molecule has 1 aromatic heterocycles. The summed E-state index contributed by atoms with van der Waals surface area (Å²) in [6.45, 7) is 5.34. The molecule has 2 saturated heterocycles. The highest BCUT2D eigenvalue weighted by Crippen LogP contribution is 2.35. The van der Waals surface area contributed by atoms with Crippen LogP contribution >= 0.6 is 34.5 Å². The number of piperidine rings is 2. The zero-order chi connectivity index (χ0) is 20.9. The van der Waals surface area contributed by atoms with Crippen LogP contribution in [0.4, 0.5) is 10.5 Å². The maximum atomic E-state index is 12.6. The molecule has 0 unspecified atom stereocenters. The number of nitrogens with zero attached hydrogens (tertiary/aromatic N) is 1. The summed E-state index contributed by atoms with van der Waals surface area (Å²) in [5.74, 6) is 1.01. The summed E-state index contributed by atoms with van der Waals surface area (Å²) >= 11 is 13.8. The molecule has 3 N–H and O–H groups in total. The van der Waals surface area contributed by atoms with Gasteiger partial charge in [-0.1, -0.05) is 23.2 Å². The third-order valence-corrected chi connectivity index (χ3v) is 7.67. The highest BCUT2D eigenvalue weighted by molar-refractivity contribution is 7.16. The Hall–Kier alpha value is -1.31. The number of amides is 2. The van der Waals surface area contributed by atoms with Crippen molar-refractivity contribution in [1.29, 1.82) is 0 Å². The van der Waals surface area contributed by atoms with Gasteiger partial charge in [0.15, 0.2) is 0 Å². The van der Waals surface area contributed by atoms with Gasteiger partial charge in [-0.3, -0.25) is 0 Å². The molecule has 0 aliphatic carbocycles. The number of thiophene rings is 1. The molecule has 2 aromatic rings. The van der Waals surface area contributed by atoms with Crippen molar-refractivity contribution in [2.75, 3.05) is 38.0 Å². The van der Waals surface area contributed by atoms with Crippen LogP contribution in [0.5, 0.6) is 0 Å². The largest absolute Gasteiger partial charge is 0.334 e. The minimum Gasteiger partial charge on any atom is -0.334 e. The van der Waals surface area contributed by atoms with E-state index in [-0.39, 0.29) is 18.0 Å². The Bertz CT molecular complexity index is 838. The molecule has 0 bridgehead atoms. The molecule has 0 saturated carbocycles. The number of halogens is 2. The lowest BCUT2D eigenvalue weighted by atomic mass is 9.89. The summed E-state index contributed by atoms with van der Waals surface area (Å²) < 4.78 is 0.796. The van der Waals surface area contributed by atoms with Crippen molar-refractivity contribution < 1.29 is 4.79 Å². The first-order valence-corrected chi connectivity index (χ1v) is 12.2. The summed E-state index contributed by atoms with van der Waals surface area (Å²) in [6, 6.07) is 11.1. The summed E-state index contributed by atoms with van der Waals surface area (Å²) in [5, 5.41) is 10.2. The van der Waals surface area contributed by atoms with E-state index in [1.165, 1.54) is 17.7 Å². The van der Waals surface area contributed by atoms with Crippen molar-refractivity contribution in [2.45, 2.75) is 31.2 Å². The van der Waals surface area contributed by atoms with Crippen LogP contribution in [0, 0.1) is 5.92 Å². The third kappa shape index (κ3) is 5.89. The van der Waals surface area contributed by atoms with Crippen LogP contribution in [-0.2, 0) is 0 Å². The van der Waals surface area contributed by atoms with Gasteiger partial charge in [-0.25, -0.2) is 4.79 Å². The number of hydrogen-bond donors (Lipinski definition) is 3. The Morgan fingerprint density at radius 1 is 1.10 bits per heavy atom. The molecule has 2 amide bonds. The van der Waals surface area contributed by atoms with Gasteiger partial charge in [0, 0.05) is 47.2 Å². The quantitative estimate of drug-likeness (QED) is 0.578. The lowest BCUT2D eigenvalue weighted by molar-refractivity contribution is 0.144. The van der Waals surface area contributed by atoms with Crippen LogP contribution in [0.1, 0.15) is 30.1 Å². The van der Waals surface area contributed by atoms with Crippen molar-refractivity contribution >= 4 is 46.3 Å². The number of nitrogens with one attached hydrogen (secondary N) is 3. The van der Waals surface area contributed by atoms with Crippen molar-refractivity contribution in [1.82, 2.24) is 15.5 Å². The Balaban J connectivity index is 1.40. The number of carbonyl (C=O) groups excluding carboxylic acids is 1. The molecule has 2 aliphatic rings. The normalized spacial score (nSPS) is 23.3. The van der Waals surface area contributed by atoms with Crippen molar-refractivity contribution in [3.8, 4) is 0 Å². The maximum Gasteiger partial charge on any atom is 0.319 e. The predicted octanol–water partition coefficient (Wildman–Crippen LogP) is 5.03. The predicted molar refractivity (Wildman–Crippen MR) is 126 cm³/mol. The van der Waals surface area contributed by atoms with Gasteiger partial charge in [0.05, 0.1) is 4.34 Å². The van der Waals surface area contributed by atoms with Gasteiger partial charge in [-0.2, -0.15) is 0 Å². The second-order valence-corrected chi connectivity index (χ2v) is 10.4. The zero-order valence-corrected chi connectivity index (χ0v) is 19.2. The van der Waals surface area contributed by atoms with E-state index in [9.17, 15) is 4.79 Å². The van der Waals surface area contributed by atoms with Gasteiger partial charge in [0.2, 0.25) is 0 Å². The lowest BCUT2D eigenvalue weighted by Gasteiger charge is -2.40. The molecule has 0 radical (unpaired) electrons. The Morgan fingerprint density at radius 3 is 2.57 bits per heavy atom. The van der Waals surface area contributed by atoms with Gasteiger partial charge in [-0.15, -0.1) is 11.3 Å². The van der Waals surface area contributed by atoms with Crippen LogP contribution in [-0.4, -0.2) is 49.7 Å². The highest BCUT2D eigenvalue weighted by Gasteiger charge is 2.33. The second-order valence-electron chi connectivity index (χ2n) is 8.20. The fourth-order valence-corrected chi connectivity index (χ4v) is 5.82. The lowest BCUT2D eigenvalue weighted by Crippen LogP contribution is -2.51. The van der Waals surface area contributed by atoms with Crippen LogP contribution in [0.3, 0.4) is 0 Å². The second kappa shape index (κ2) is 10.3. The number of anilines is 1. The summed E-state index contributed by atoms with van der Waals surface area (Å²) in [6.07, 6.45) is 3.42. The summed E-state index contributed by atoms with van der Waals surface area (Å²) in [5.41, 5.74) is 0.732. The molecule has 3 heterocycles. The molecule has 30 heavy (non-hydrogen) atoms. The van der Waals surface area contributed by atoms with E-state index in [4.69, 9.17) is 23.2 Å². The molecule has 2 aliphatic heterocycles. The molecule has 2 atom stereocenters. The smallest absolute Gasteiger partial charge is 0.319 e. The Kier molecular flexibility index (Phi) is 7.55. The number of benzene rings is 1. The zero-order valence-electron chi connectivity index (χ0n) is 16.9. The van der Waals surface area contributed by atoms with Crippen molar-refractivity contribution in [3.05, 3.63) is 50.6 Å². The number of likely N-dealkylation sites (tertiary alicyclic amines) is 1. The van der Waals surface area contributed by atoms with Gasteiger partial charge in [0.25, 0.3) is 0 Å². The summed E-state index contributed by atoms with van der Waals surface area (Å²) in [4.78, 5) is 16.5. The van der Waals surface area contributed by atoms with E-state index in [1.807, 2.05) is 6.07 Å². The number of rotatable bonds is 5. The van der Waals surface area contributed by atoms with E-state index >= 15 is 0 Å². The Labute approximate surface area is 192 Å². The van der Waals surface area contributed by atoms with Gasteiger partial charge < -0.3 is 20.9 Å². The molecule has 8 heteroatoms.